The Morgan fingerprint density at radius 1 is 1.69 bits per heavy atom. The Kier molecular flexibility index (Phi) is 4.98. The first-order valence-electron chi connectivity index (χ1n) is 4.83. The van der Waals surface area contributed by atoms with E-state index in [0.717, 1.165) is 10.3 Å². The van der Waals surface area contributed by atoms with Crippen molar-refractivity contribution in [3.8, 4) is 0 Å². The Morgan fingerprint density at radius 3 is 2.94 bits per heavy atom. The zero-order valence-electron chi connectivity index (χ0n) is 9.35. The van der Waals surface area contributed by atoms with Gasteiger partial charge in [-0.05, 0) is 22.0 Å². The summed E-state index contributed by atoms with van der Waals surface area (Å²) in [5.41, 5.74) is 6.19. The normalized spacial score (nSPS) is 12.5. The van der Waals surface area contributed by atoms with Crippen LogP contribution in [0.5, 0.6) is 0 Å². The smallest absolute Gasteiger partial charge is 0.142 e. The van der Waals surface area contributed by atoms with Crippen LogP contribution in [0.2, 0.25) is 0 Å². The first-order valence-corrected chi connectivity index (χ1v) is 5.63. The molecule has 1 heterocycles. The van der Waals surface area contributed by atoms with Gasteiger partial charge in [0, 0.05) is 20.7 Å². The van der Waals surface area contributed by atoms with Crippen molar-refractivity contribution in [1.29, 1.82) is 0 Å². The number of rotatable bonds is 5. The van der Waals surface area contributed by atoms with Gasteiger partial charge in [0.25, 0.3) is 0 Å². The summed E-state index contributed by atoms with van der Waals surface area (Å²) < 4.78 is 5.67. The van der Waals surface area contributed by atoms with Crippen molar-refractivity contribution in [2.24, 2.45) is 0 Å². The van der Waals surface area contributed by atoms with Gasteiger partial charge in [-0.2, -0.15) is 0 Å². The van der Waals surface area contributed by atoms with E-state index in [1.165, 1.54) is 0 Å². The quantitative estimate of drug-likeness (QED) is 0.842. The number of methoxy groups -OCH3 is 1. The third-order valence-corrected chi connectivity index (χ3v) is 2.63. The summed E-state index contributed by atoms with van der Waals surface area (Å²) in [6.07, 6.45) is 1.04. The van der Waals surface area contributed by atoms with Crippen molar-refractivity contribution < 1.29 is 9.84 Å². The predicted molar refractivity (Wildman–Crippen MR) is 67.5 cm³/mol. The van der Waals surface area contributed by atoms with Crippen LogP contribution in [0.3, 0.4) is 0 Å². The number of anilines is 2. The molecular formula is C10H16BrN3O2. The predicted octanol–water partition coefficient (Wildman–Crippen LogP) is 0.870. The number of pyridine rings is 1. The molecule has 5 nitrogen and oxygen atoms in total. The molecule has 90 valence electrons. The Bertz CT molecular complexity index is 349. The van der Waals surface area contributed by atoms with Gasteiger partial charge in [0.1, 0.15) is 5.82 Å². The van der Waals surface area contributed by atoms with Crippen molar-refractivity contribution in [1.82, 2.24) is 4.98 Å². The minimum absolute atomic E-state index is 0.303. The van der Waals surface area contributed by atoms with Gasteiger partial charge in [-0.25, -0.2) is 4.98 Å². The molecule has 0 aromatic carbocycles. The maximum Gasteiger partial charge on any atom is 0.142 e. The zero-order chi connectivity index (χ0) is 12.1. The van der Waals surface area contributed by atoms with E-state index in [2.05, 4.69) is 20.9 Å². The number of hydrogen-bond acceptors (Lipinski definition) is 5. The topological polar surface area (TPSA) is 71.6 Å². The molecule has 0 saturated heterocycles. The molecule has 0 spiro atoms. The zero-order valence-corrected chi connectivity index (χ0v) is 10.9. The lowest BCUT2D eigenvalue weighted by Gasteiger charge is -2.22. The third-order valence-electron chi connectivity index (χ3n) is 2.05. The SMILES string of the molecule is COCC(O)CN(C)c1ncc(N)cc1Br. The first-order chi connectivity index (χ1) is 7.54. The summed E-state index contributed by atoms with van der Waals surface area (Å²) in [4.78, 5) is 6.03. The van der Waals surface area contributed by atoms with E-state index in [9.17, 15) is 5.11 Å². The van der Waals surface area contributed by atoms with Crippen molar-refractivity contribution in [2.45, 2.75) is 6.10 Å². The molecule has 6 heteroatoms. The maximum absolute atomic E-state index is 9.59. The molecule has 3 N–H and O–H groups in total. The van der Waals surface area contributed by atoms with Crippen LogP contribution in [0.1, 0.15) is 0 Å². The molecule has 1 unspecified atom stereocenters. The second-order valence-corrected chi connectivity index (χ2v) is 4.42. The molecule has 0 aliphatic rings. The molecule has 0 aliphatic heterocycles. The van der Waals surface area contributed by atoms with E-state index < -0.39 is 6.10 Å². The van der Waals surface area contributed by atoms with E-state index in [0.29, 0.717) is 18.8 Å². The van der Waals surface area contributed by atoms with E-state index >= 15 is 0 Å². The summed E-state index contributed by atoms with van der Waals surface area (Å²) in [7, 11) is 3.41. The maximum atomic E-state index is 9.59. The molecule has 0 fully saturated rings. The van der Waals surface area contributed by atoms with Crippen LogP contribution >= 0.6 is 15.9 Å². The minimum Gasteiger partial charge on any atom is -0.397 e. The van der Waals surface area contributed by atoms with E-state index in [1.54, 1.807) is 19.4 Å². The standard InChI is InChI=1S/C10H16BrN3O2/c1-14(5-8(15)6-16-2)10-9(11)3-7(12)4-13-10/h3-4,8,15H,5-6,12H2,1-2H3. The van der Waals surface area contributed by atoms with Gasteiger partial charge in [0.05, 0.1) is 29.1 Å². The van der Waals surface area contributed by atoms with E-state index in [1.807, 2.05) is 11.9 Å². The number of ether oxygens (including phenoxy) is 1. The molecule has 1 rings (SSSR count). The number of aliphatic hydroxyl groups excluding tert-OH is 1. The monoisotopic (exact) mass is 289 g/mol. The molecular weight excluding hydrogens is 274 g/mol. The van der Waals surface area contributed by atoms with Gasteiger partial charge >= 0.3 is 0 Å². The largest absolute Gasteiger partial charge is 0.397 e. The summed E-state index contributed by atoms with van der Waals surface area (Å²) in [6.45, 7) is 0.750. The highest BCUT2D eigenvalue weighted by molar-refractivity contribution is 9.10. The van der Waals surface area contributed by atoms with Gasteiger partial charge in [-0.1, -0.05) is 0 Å². The lowest BCUT2D eigenvalue weighted by Crippen LogP contribution is -2.32. The number of aliphatic hydroxyl groups is 1. The van der Waals surface area contributed by atoms with Crippen molar-refractivity contribution in [3.05, 3.63) is 16.7 Å². The fraction of sp³-hybridized carbons (Fsp3) is 0.500. The second-order valence-electron chi connectivity index (χ2n) is 3.56. The van der Waals surface area contributed by atoms with Crippen LogP contribution in [0.4, 0.5) is 11.5 Å². The molecule has 0 radical (unpaired) electrons. The van der Waals surface area contributed by atoms with Gasteiger partial charge in [0.2, 0.25) is 0 Å². The average Bonchev–Trinajstić information content (AvgIpc) is 2.17. The number of nitrogens with two attached hydrogens (primary N) is 1. The minimum atomic E-state index is -0.541. The van der Waals surface area contributed by atoms with Crippen molar-refractivity contribution in [3.63, 3.8) is 0 Å². The fourth-order valence-corrected chi connectivity index (χ4v) is 2.04. The van der Waals surface area contributed by atoms with Crippen LogP contribution in [-0.2, 0) is 4.74 Å². The molecule has 0 amide bonds. The van der Waals surface area contributed by atoms with Crippen molar-refractivity contribution in [2.75, 3.05) is 37.9 Å². The molecule has 1 atom stereocenters. The highest BCUT2D eigenvalue weighted by atomic mass is 79.9. The summed E-state index contributed by atoms with van der Waals surface area (Å²) >= 11 is 3.38. The first kappa shape index (κ1) is 13.2. The van der Waals surface area contributed by atoms with Crippen LogP contribution < -0.4 is 10.6 Å². The lowest BCUT2D eigenvalue weighted by molar-refractivity contribution is 0.0694. The Morgan fingerprint density at radius 2 is 2.38 bits per heavy atom. The van der Waals surface area contributed by atoms with Gasteiger partial charge < -0.3 is 20.5 Å². The molecule has 0 aliphatic carbocycles. The lowest BCUT2D eigenvalue weighted by atomic mass is 10.3. The Labute approximate surface area is 103 Å². The average molecular weight is 290 g/mol. The summed E-state index contributed by atoms with van der Waals surface area (Å²) in [6, 6.07) is 1.78. The molecule has 0 bridgehead atoms. The van der Waals surface area contributed by atoms with Crippen LogP contribution in [0.25, 0.3) is 0 Å². The second kappa shape index (κ2) is 6.03. The van der Waals surface area contributed by atoms with Gasteiger partial charge in [-0.15, -0.1) is 0 Å². The number of nitrogen functional groups attached to an aromatic ring is 1. The van der Waals surface area contributed by atoms with Gasteiger partial charge in [0.15, 0.2) is 0 Å². The number of aromatic nitrogens is 1. The number of likely N-dealkylation sites (N-methyl/N-ethyl adjacent to an activating group) is 1. The molecule has 1 aromatic heterocycles. The highest BCUT2D eigenvalue weighted by Crippen LogP contribution is 2.24. The van der Waals surface area contributed by atoms with E-state index in [-0.39, 0.29) is 0 Å². The van der Waals surface area contributed by atoms with Crippen LogP contribution in [0, 0.1) is 0 Å². The number of halogens is 1. The number of hydrogen-bond donors (Lipinski definition) is 2. The number of nitrogens with zero attached hydrogens (tertiary/aromatic N) is 2. The molecule has 1 aromatic rings. The van der Waals surface area contributed by atoms with Crippen LogP contribution in [-0.4, -0.2) is 43.5 Å². The highest BCUT2D eigenvalue weighted by Gasteiger charge is 2.12. The summed E-state index contributed by atoms with van der Waals surface area (Å²) in [5, 5.41) is 9.59. The summed E-state index contributed by atoms with van der Waals surface area (Å²) in [5.74, 6) is 0.740. The van der Waals surface area contributed by atoms with E-state index in [4.69, 9.17) is 10.5 Å². The Hall–Kier alpha value is -0.850. The fourth-order valence-electron chi connectivity index (χ4n) is 1.37. The van der Waals surface area contributed by atoms with Crippen molar-refractivity contribution >= 4 is 27.4 Å². The Balaban J connectivity index is 2.69. The van der Waals surface area contributed by atoms with Crippen LogP contribution in [0.15, 0.2) is 16.7 Å². The molecule has 0 saturated carbocycles. The third kappa shape index (κ3) is 3.62. The molecule has 16 heavy (non-hydrogen) atoms. The van der Waals surface area contributed by atoms with Gasteiger partial charge in [-0.3, -0.25) is 0 Å².